The molecule has 4 aromatic rings. The van der Waals surface area contributed by atoms with Gasteiger partial charge in [0.1, 0.15) is 5.75 Å². The third-order valence-electron chi connectivity index (χ3n) is 8.66. The average Bonchev–Trinajstić information content (AvgIpc) is 3.25. The molecule has 5 rings (SSSR count). The van der Waals surface area contributed by atoms with Crippen LogP contribution in [0.1, 0.15) is 38.8 Å². The lowest BCUT2D eigenvalue weighted by Gasteiger charge is -2.43. The van der Waals surface area contributed by atoms with E-state index in [0.717, 1.165) is 16.9 Å². The fourth-order valence-electron chi connectivity index (χ4n) is 6.38. The summed E-state index contributed by atoms with van der Waals surface area (Å²) in [5.74, 6) is 0.433. The van der Waals surface area contributed by atoms with Gasteiger partial charge in [-0.3, -0.25) is 4.79 Å². The van der Waals surface area contributed by atoms with E-state index in [1.54, 1.807) is 7.11 Å². The van der Waals surface area contributed by atoms with E-state index < -0.39 is 14.2 Å². The van der Waals surface area contributed by atoms with E-state index in [1.165, 1.54) is 10.4 Å². The van der Waals surface area contributed by atoms with Gasteiger partial charge in [0.25, 0.3) is 8.32 Å². The molecule has 3 atom stereocenters. The summed E-state index contributed by atoms with van der Waals surface area (Å²) < 4.78 is 19.2. The van der Waals surface area contributed by atoms with Crippen LogP contribution in [-0.4, -0.2) is 45.0 Å². The first-order valence-corrected chi connectivity index (χ1v) is 17.0. The Morgan fingerprint density at radius 2 is 1.28 bits per heavy atom. The van der Waals surface area contributed by atoms with E-state index >= 15 is 0 Å². The summed E-state index contributed by atoms with van der Waals surface area (Å²) in [4.78, 5) is 16.2. The number of ether oxygens (including phenoxy) is 2. The number of amides is 1. The maximum Gasteiger partial charge on any atom is 0.261 e. The highest BCUT2D eigenvalue weighted by Gasteiger charge is 2.53. The lowest BCUT2D eigenvalue weighted by Crippen LogP contribution is -2.67. The molecule has 1 amide bonds. The number of methoxy groups -OCH3 is 1. The summed E-state index contributed by atoms with van der Waals surface area (Å²) in [5.41, 5.74) is 2.14. The van der Waals surface area contributed by atoms with Crippen LogP contribution in [0, 0.1) is 5.92 Å². The van der Waals surface area contributed by atoms with Gasteiger partial charge < -0.3 is 18.8 Å². The van der Waals surface area contributed by atoms with Crippen LogP contribution in [0.2, 0.25) is 5.04 Å². The molecule has 43 heavy (non-hydrogen) atoms. The number of nitrogens with zero attached hydrogens (tertiary/aromatic N) is 1. The summed E-state index contributed by atoms with van der Waals surface area (Å²) in [6.07, 6.45) is -0.316. The molecule has 1 aliphatic rings. The predicted octanol–water partition coefficient (Wildman–Crippen LogP) is 6.20. The van der Waals surface area contributed by atoms with Crippen molar-refractivity contribution in [3.05, 3.63) is 126 Å². The second kappa shape index (κ2) is 13.3. The highest BCUT2D eigenvalue weighted by Crippen LogP contribution is 2.39. The van der Waals surface area contributed by atoms with E-state index in [4.69, 9.17) is 13.9 Å². The highest BCUT2D eigenvalue weighted by molar-refractivity contribution is 6.99. The second-order valence-electron chi connectivity index (χ2n) is 12.4. The number of rotatable bonds is 11. The molecule has 1 saturated heterocycles. The molecule has 0 bridgehead atoms. The van der Waals surface area contributed by atoms with Gasteiger partial charge in [-0.05, 0) is 45.6 Å². The van der Waals surface area contributed by atoms with Gasteiger partial charge in [-0.1, -0.05) is 124 Å². The largest absolute Gasteiger partial charge is 0.497 e. The van der Waals surface area contributed by atoms with Crippen molar-refractivity contribution in [1.29, 1.82) is 0 Å². The number of hydrogen-bond donors (Lipinski definition) is 0. The van der Waals surface area contributed by atoms with Crippen molar-refractivity contribution < 1.29 is 18.7 Å². The smallest absolute Gasteiger partial charge is 0.261 e. The summed E-state index contributed by atoms with van der Waals surface area (Å²) in [6.45, 7) is 10.1. The Balaban J connectivity index is 1.48. The minimum absolute atomic E-state index is 0.0688. The van der Waals surface area contributed by atoms with Gasteiger partial charge in [0.15, 0.2) is 0 Å². The molecule has 5 nitrogen and oxygen atoms in total. The Morgan fingerprint density at radius 3 is 1.79 bits per heavy atom. The third-order valence-corrected chi connectivity index (χ3v) is 13.7. The molecular formula is C37H43NO4Si. The second-order valence-corrected chi connectivity index (χ2v) is 16.7. The topological polar surface area (TPSA) is 48.0 Å². The standard InChI is InChI=1S/C37H43NO4Si/c1-28-35(41-26-30-15-9-6-10-16-30)34(36(39)38(28)25-29-21-23-31(40-5)24-22-29)27-42-43(37(2,3)4,32-17-11-7-12-18-32)33-19-13-8-14-20-33/h6-24,28,34-35H,25-27H2,1-5H3/t28-,34+,35-/m1/s1. The van der Waals surface area contributed by atoms with Crippen molar-refractivity contribution in [3.63, 3.8) is 0 Å². The molecule has 0 unspecified atom stereocenters. The molecule has 1 aliphatic heterocycles. The number of carbonyl (C=O) groups excluding carboxylic acids is 1. The van der Waals surface area contributed by atoms with Crippen LogP contribution in [0.15, 0.2) is 115 Å². The zero-order valence-corrected chi connectivity index (χ0v) is 26.9. The van der Waals surface area contributed by atoms with E-state index in [9.17, 15) is 4.79 Å². The van der Waals surface area contributed by atoms with Gasteiger partial charge in [-0.25, -0.2) is 0 Å². The van der Waals surface area contributed by atoms with Crippen molar-refractivity contribution in [2.24, 2.45) is 5.92 Å². The molecule has 224 valence electrons. The molecule has 1 heterocycles. The quantitative estimate of drug-likeness (QED) is 0.194. The Hall–Kier alpha value is -3.71. The van der Waals surface area contributed by atoms with Crippen LogP contribution in [-0.2, 0) is 27.1 Å². The molecule has 0 aromatic heterocycles. The Bertz CT molecular complexity index is 1420. The van der Waals surface area contributed by atoms with Crippen molar-refractivity contribution in [3.8, 4) is 5.75 Å². The van der Waals surface area contributed by atoms with Crippen molar-refractivity contribution in [2.75, 3.05) is 13.7 Å². The number of likely N-dealkylation sites (tertiary alicyclic amines) is 1. The first kappa shape index (κ1) is 30.7. The highest BCUT2D eigenvalue weighted by atomic mass is 28.4. The Morgan fingerprint density at radius 1 is 0.744 bits per heavy atom. The average molecular weight is 594 g/mol. The lowest BCUT2D eigenvalue weighted by atomic mass is 10.0. The molecule has 0 saturated carbocycles. The van der Waals surface area contributed by atoms with Gasteiger partial charge in [0, 0.05) is 13.2 Å². The van der Waals surface area contributed by atoms with Gasteiger partial charge in [-0.15, -0.1) is 0 Å². The molecule has 1 fully saturated rings. The van der Waals surface area contributed by atoms with E-state index in [1.807, 2.05) is 59.5 Å². The molecular weight excluding hydrogens is 550 g/mol. The van der Waals surface area contributed by atoms with E-state index in [0.29, 0.717) is 13.2 Å². The van der Waals surface area contributed by atoms with E-state index in [-0.39, 0.29) is 29.7 Å². The molecule has 0 aliphatic carbocycles. The summed E-state index contributed by atoms with van der Waals surface area (Å²) >= 11 is 0. The SMILES string of the molecule is COc1ccc(CN2C(=O)[C@@H](CO[Si](c3ccccc3)(c3ccccc3)C(C)(C)C)[C@H](OCc3ccccc3)[C@H]2C)cc1. The van der Waals surface area contributed by atoms with Crippen LogP contribution >= 0.6 is 0 Å². The third kappa shape index (κ3) is 6.47. The summed E-state index contributed by atoms with van der Waals surface area (Å²) in [5, 5.41) is 2.21. The molecule has 6 heteroatoms. The monoisotopic (exact) mass is 593 g/mol. The molecule has 0 spiro atoms. The fraction of sp³-hybridized carbons (Fsp3) is 0.324. The van der Waals surface area contributed by atoms with Gasteiger partial charge in [0.05, 0.1) is 31.8 Å². The Kier molecular flexibility index (Phi) is 9.50. The zero-order valence-electron chi connectivity index (χ0n) is 25.9. The van der Waals surface area contributed by atoms with Crippen molar-refractivity contribution in [1.82, 2.24) is 4.90 Å². The normalized spacial score (nSPS) is 19.0. The van der Waals surface area contributed by atoms with E-state index in [2.05, 4.69) is 88.4 Å². The summed E-state index contributed by atoms with van der Waals surface area (Å²) in [7, 11) is -1.17. The molecule has 4 aromatic carbocycles. The number of benzene rings is 4. The van der Waals surface area contributed by atoms with Crippen LogP contribution in [0.25, 0.3) is 0 Å². The zero-order chi connectivity index (χ0) is 30.5. The van der Waals surface area contributed by atoms with Crippen molar-refractivity contribution in [2.45, 2.75) is 58.0 Å². The molecule has 0 radical (unpaired) electrons. The molecule has 0 N–H and O–H groups in total. The first-order chi connectivity index (χ1) is 20.7. The van der Waals surface area contributed by atoms with Crippen LogP contribution in [0.4, 0.5) is 0 Å². The Labute approximate surface area is 257 Å². The van der Waals surface area contributed by atoms with Gasteiger partial charge >= 0.3 is 0 Å². The first-order valence-electron chi connectivity index (χ1n) is 15.1. The number of hydrogen-bond acceptors (Lipinski definition) is 4. The lowest BCUT2D eigenvalue weighted by molar-refractivity contribution is -0.133. The fourth-order valence-corrected chi connectivity index (χ4v) is 11.0. The maximum atomic E-state index is 14.3. The minimum atomic E-state index is -2.83. The predicted molar refractivity (Wildman–Crippen MR) is 175 cm³/mol. The summed E-state index contributed by atoms with van der Waals surface area (Å²) in [6, 6.07) is 39.1. The van der Waals surface area contributed by atoms with Gasteiger partial charge in [0.2, 0.25) is 5.91 Å². The van der Waals surface area contributed by atoms with Crippen LogP contribution in [0.5, 0.6) is 5.75 Å². The van der Waals surface area contributed by atoms with Crippen molar-refractivity contribution >= 4 is 24.6 Å². The number of carbonyl (C=O) groups is 1. The minimum Gasteiger partial charge on any atom is -0.497 e. The maximum absolute atomic E-state index is 14.3. The van der Waals surface area contributed by atoms with Gasteiger partial charge in [-0.2, -0.15) is 0 Å². The van der Waals surface area contributed by atoms with Crippen LogP contribution < -0.4 is 15.1 Å². The van der Waals surface area contributed by atoms with Crippen LogP contribution in [0.3, 0.4) is 0 Å².